The molecule has 0 bridgehead atoms. The fraction of sp³-hybridized carbons (Fsp3) is 0.529. The van der Waals surface area contributed by atoms with Crippen molar-refractivity contribution in [2.24, 2.45) is 7.05 Å². The van der Waals surface area contributed by atoms with Crippen molar-refractivity contribution in [2.45, 2.75) is 39.2 Å². The summed E-state index contributed by atoms with van der Waals surface area (Å²) in [7, 11) is 2.04. The van der Waals surface area contributed by atoms with Crippen LogP contribution in [0.25, 0.3) is 0 Å². The Hall–Kier alpha value is -1.68. The maximum absolute atomic E-state index is 4.59. The molecule has 3 heterocycles. The molecular weight excluding hydrogens is 260 g/mol. The van der Waals surface area contributed by atoms with Gasteiger partial charge in [0.2, 0.25) is 0 Å². The van der Waals surface area contributed by atoms with Gasteiger partial charge in [-0.2, -0.15) is 5.10 Å². The van der Waals surface area contributed by atoms with E-state index in [0.29, 0.717) is 6.04 Å². The van der Waals surface area contributed by atoms with Crippen LogP contribution in [0.15, 0.2) is 24.5 Å². The summed E-state index contributed by atoms with van der Waals surface area (Å²) in [5.41, 5.74) is 5.32. The lowest BCUT2D eigenvalue weighted by atomic mass is 10.0. The van der Waals surface area contributed by atoms with Crippen molar-refractivity contribution in [3.63, 3.8) is 0 Å². The molecule has 4 heteroatoms. The van der Waals surface area contributed by atoms with Crippen LogP contribution in [0.5, 0.6) is 0 Å². The smallest absolute Gasteiger partial charge is 0.0644 e. The molecule has 1 saturated heterocycles. The largest absolute Gasteiger partial charge is 0.296 e. The Bertz CT molecular complexity index is 603. The van der Waals surface area contributed by atoms with Gasteiger partial charge in [-0.3, -0.25) is 14.6 Å². The summed E-state index contributed by atoms with van der Waals surface area (Å²) in [4.78, 5) is 6.71. The molecule has 0 spiro atoms. The minimum absolute atomic E-state index is 0.542. The van der Waals surface area contributed by atoms with Crippen LogP contribution in [-0.2, 0) is 13.5 Å². The van der Waals surface area contributed by atoms with Crippen LogP contribution in [0.4, 0.5) is 0 Å². The Morgan fingerprint density at radius 1 is 1.24 bits per heavy atom. The number of likely N-dealkylation sites (tertiary alicyclic amines) is 1. The third kappa shape index (κ3) is 2.86. The second-order valence-electron chi connectivity index (χ2n) is 6.01. The second-order valence-corrected chi connectivity index (χ2v) is 6.01. The zero-order chi connectivity index (χ0) is 14.8. The lowest BCUT2D eigenvalue weighted by molar-refractivity contribution is 0.259. The lowest BCUT2D eigenvalue weighted by Gasteiger charge is -2.25. The Kier molecular flexibility index (Phi) is 4.06. The second kappa shape index (κ2) is 5.98. The molecule has 1 fully saturated rings. The molecule has 112 valence electrons. The van der Waals surface area contributed by atoms with Gasteiger partial charge in [-0.15, -0.1) is 0 Å². The highest BCUT2D eigenvalue weighted by molar-refractivity contribution is 5.29. The van der Waals surface area contributed by atoms with Crippen LogP contribution in [-0.4, -0.2) is 32.8 Å². The summed E-state index contributed by atoms with van der Waals surface area (Å²) in [5, 5.41) is 4.59. The summed E-state index contributed by atoms with van der Waals surface area (Å²) in [6.07, 6.45) is 7.40. The molecule has 3 rings (SSSR count). The van der Waals surface area contributed by atoms with Gasteiger partial charge < -0.3 is 0 Å². The molecule has 0 amide bonds. The Morgan fingerprint density at radius 2 is 2.00 bits per heavy atom. The SMILES string of the molecule is Cc1nn(C)c(C)c1[C@H]1CCCN1CCc1ccncc1. The number of aromatic nitrogens is 3. The van der Waals surface area contributed by atoms with Gasteiger partial charge in [-0.05, 0) is 57.4 Å². The molecule has 1 atom stereocenters. The van der Waals surface area contributed by atoms with Crippen molar-refractivity contribution < 1.29 is 0 Å². The fourth-order valence-electron chi connectivity index (χ4n) is 3.52. The minimum atomic E-state index is 0.542. The van der Waals surface area contributed by atoms with E-state index in [4.69, 9.17) is 0 Å². The van der Waals surface area contributed by atoms with E-state index in [1.807, 2.05) is 24.1 Å². The summed E-state index contributed by atoms with van der Waals surface area (Å²) in [6, 6.07) is 4.78. The number of hydrogen-bond donors (Lipinski definition) is 0. The molecular formula is C17H24N4. The van der Waals surface area contributed by atoms with Crippen LogP contribution in [0.3, 0.4) is 0 Å². The first kappa shape index (κ1) is 14.3. The number of aryl methyl sites for hydroxylation is 2. The van der Waals surface area contributed by atoms with Crippen LogP contribution in [0, 0.1) is 13.8 Å². The Morgan fingerprint density at radius 3 is 2.67 bits per heavy atom. The summed E-state index contributed by atoms with van der Waals surface area (Å²) in [6.45, 7) is 6.64. The average Bonchev–Trinajstić information content (AvgIpc) is 3.03. The molecule has 2 aromatic heterocycles. The first-order valence-corrected chi connectivity index (χ1v) is 7.80. The molecule has 4 nitrogen and oxygen atoms in total. The average molecular weight is 284 g/mol. The van der Waals surface area contributed by atoms with E-state index in [9.17, 15) is 0 Å². The van der Waals surface area contributed by atoms with Gasteiger partial charge >= 0.3 is 0 Å². The predicted molar refractivity (Wildman–Crippen MR) is 84.2 cm³/mol. The summed E-state index contributed by atoms with van der Waals surface area (Å²) in [5.74, 6) is 0. The molecule has 0 saturated carbocycles. The van der Waals surface area contributed by atoms with Crippen molar-refractivity contribution in [3.8, 4) is 0 Å². The zero-order valence-electron chi connectivity index (χ0n) is 13.2. The lowest BCUT2D eigenvalue weighted by Crippen LogP contribution is -2.26. The number of hydrogen-bond acceptors (Lipinski definition) is 3. The summed E-state index contributed by atoms with van der Waals surface area (Å²) >= 11 is 0. The minimum Gasteiger partial charge on any atom is -0.296 e. The topological polar surface area (TPSA) is 34.0 Å². The van der Waals surface area contributed by atoms with Gasteiger partial charge in [-0.25, -0.2) is 0 Å². The fourth-order valence-corrected chi connectivity index (χ4v) is 3.52. The van der Waals surface area contributed by atoms with E-state index < -0.39 is 0 Å². The molecule has 0 aliphatic carbocycles. The maximum atomic E-state index is 4.59. The van der Waals surface area contributed by atoms with Crippen LogP contribution in [0.1, 0.15) is 41.4 Å². The molecule has 0 unspecified atom stereocenters. The highest BCUT2D eigenvalue weighted by atomic mass is 15.3. The van der Waals surface area contributed by atoms with E-state index in [2.05, 4.69) is 41.0 Å². The van der Waals surface area contributed by atoms with E-state index in [-0.39, 0.29) is 0 Å². The van der Waals surface area contributed by atoms with Crippen molar-refractivity contribution in [1.29, 1.82) is 0 Å². The highest BCUT2D eigenvalue weighted by Crippen LogP contribution is 2.35. The first-order chi connectivity index (χ1) is 10.2. The number of nitrogens with zero attached hydrogens (tertiary/aromatic N) is 4. The van der Waals surface area contributed by atoms with Crippen LogP contribution < -0.4 is 0 Å². The molecule has 21 heavy (non-hydrogen) atoms. The van der Waals surface area contributed by atoms with Crippen molar-refractivity contribution in [2.75, 3.05) is 13.1 Å². The third-order valence-electron chi connectivity index (χ3n) is 4.70. The van der Waals surface area contributed by atoms with Crippen molar-refractivity contribution >= 4 is 0 Å². The third-order valence-corrected chi connectivity index (χ3v) is 4.70. The first-order valence-electron chi connectivity index (χ1n) is 7.80. The standard InChI is InChI=1S/C17H24N4/c1-13-17(14(2)20(3)19-13)16-5-4-11-21(16)12-8-15-6-9-18-10-7-15/h6-7,9-10,16H,4-5,8,11-12H2,1-3H3/t16-/m1/s1. The molecule has 1 aliphatic rings. The van der Waals surface area contributed by atoms with E-state index in [1.165, 1.54) is 41.9 Å². The Balaban J connectivity index is 1.73. The monoisotopic (exact) mass is 284 g/mol. The number of rotatable bonds is 4. The number of pyridine rings is 1. The molecule has 2 aromatic rings. The van der Waals surface area contributed by atoms with E-state index >= 15 is 0 Å². The highest BCUT2D eigenvalue weighted by Gasteiger charge is 2.29. The van der Waals surface area contributed by atoms with Crippen LogP contribution in [0.2, 0.25) is 0 Å². The Labute approximate surface area is 126 Å². The normalized spacial score (nSPS) is 19.3. The summed E-state index contributed by atoms with van der Waals surface area (Å²) < 4.78 is 2.02. The van der Waals surface area contributed by atoms with Gasteiger partial charge in [0.05, 0.1) is 5.69 Å². The van der Waals surface area contributed by atoms with Crippen molar-refractivity contribution in [3.05, 3.63) is 47.0 Å². The molecule has 0 radical (unpaired) electrons. The molecule has 1 aliphatic heterocycles. The van der Waals surface area contributed by atoms with E-state index in [0.717, 1.165) is 13.0 Å². The van der Waals surface area contributed by atoms with Gasteiger partial charge in [0.15, 0.2) is 0 Å². The predicted octanol–water partition coefficient (Wildman–Crippen LogP) is 2.81. The quantitative estimate of drug-likeness (QED) is 0.866. The molecule has 0 aromatic carbocycles. The van der Waals surface area contributed by atoms with Gasteiger partial charge in [0, 0.05) is 43.3 Å². The van der Waals surface area contributed by atoms with Gasteiger partial charge in [-0.1, -0.05) is 0 Å². The van der Waals surface area contributed by atoms with Gasteiger partial charge in [0.1, 0.15) is 0 Å². The van der Waals surface area contributed by atoms with Crippen molar-refractivity contribution in [1.82, 2.24) is 19.7 Å². The zero-order valence-corrected chi connectivity index (χ0v) is 13.2. The van der Waals surface area contributed by atoms with Crippen LogP contribution >= 0.6 is 0 Å². The van der Waals surface area contributed by atoms with Gasteiger partial charge in [0.25, 0.3) is 0 Å². The maximum Gasteiger partial charge on any atom is 0.0644 e. The molecule has 0 N–H and O–H groups in total. The van der Waals surface area contributed by atoms with E-state index in [1.54, 1.807) is 0 Å².